The molecule has 1 atom stereocenters. The van der Waals surface area contributed by atoms with Gasteiger partial charge in [-0.25, -0.2) is 22.2 Å². The highest BCUT2D eigenvalue weighted by atomic mass is 32.2. The third-order valence-corrected chi connectivity index (χ3v) is 5.49. The molecule has 0 aliphatic rings. The Bertz CT molecular complexity index is 1160. The molecule has 148 valence electrons. The number of nitrogens with zero attached hydrogens (tertiary/aromatic N) is 2. The van der Waals surface area contributed by atoms with Crippen molar-refractivity contribution in [2.75, 3.05) is 10.0 Å². The minimum Gasteiger partial charge on any atom is -0.364 e. The summed E-state index contributed by atoms with van der Waals surface area (Å²) < 4.78 is 53.2. The van der Waals surface area contributed by atoms with E-state index in [9.17, 15) is 17.2 Å². The summed E-state index contributed by atoms with van der Waals surface area (Å²) in [4.78, 5) is 3.97. The van der Waals surface area contributed by atoms with Gasteiger partial charge in [0, 0.05) is 18.3 Å². The van der Waals surface area contributed by atoms with E-state index in [2.05, 4.69) is 21.1 Å². The maximum Gasteiger partial charge on any atom is 0.263 e. The predicted molar refractivity (Wildman–Crippen MR) is 105 cm³/mol. The molecule has 0 aliphatic heterocycles. The van der Waals surface area contributed by atoms with Crippen LogP contribution >= 0.6 is 0 Å². The Kier molecular flexibility index (Phi) is 5.75. The fraction of sp³-hybridized carbons (Fsp3) is 0.100. The molecule has 2 aromatic carbocycles. The Morgan fingerprint density at radius 1 is 1.03 bits per heavy atom. The van der Waals surface area contributed by atoms with E-state index in [0.717, 1.165) is 30.0 Å². The number of anilines is 2. The zero-order valence-corrected chi connectivity index (χ0v) is 16.0. The molecule has 1 unspecified atom stereocenters. The molecular formula is C20H16F2N4O2S. The van der Waals surface area contributed by atoms with Crippen LogP contribution in [0.1, 0.15) is 24.1 Å². The Labute approximate surface area is 166 Å². The Hall–Kier alpha value is -3.51. The molecule has 9 heteroatoms. The molecule has 6 nitrogen and oxygen atoms in total. The smallest absolute Gasteiger partial charge is 0.263 e. The molecule has 3 aromatic rings. The Morgan fingerprint density at radius 2 is 1.76 bits per heavy atom. The minimum atomic E-state index is -4.01. The summed E-state index contributed by atoms with van der Waals surface area (Å²) in [6.45, 7) is 1.90. The van der Waals surface area contributed by atoms with Crippen molar-refractivity contribution >= 4 is 21.5 Å². The standard InChI is InChI=1S/C20H16F2N4O2S/c1-13(15-4-2-14(11-23)3-5-15)25-20-9-7-17(12-24-20)29(27,28)26-16-6-8-18(21)19(22)10-16/h2-10,12-13,26H,1H3,(H,24,25). The second-order valence-electron chi connectivity index (χ2n) is 6.21. The lowest BCUT2D eigenvalue weighted by atomic mass is 10.1. The van der Waals surface area contributed by atoms with Gasteiger partial charge in [0.1, 0.15) is 10.7 Å². The van der Waals surface area contributed by atoms with Crippen LogP contribution in [0.3, 0.4) is 0 Å². The molecule has 0 bridgehead atoms. The van der Waals surface area contributed by atoms with Crippen molar-refractivity contribution in [3.8, 4) is 6.07 Å². The third-order valence-electron chi connectivity index (χ3n) is 4.12. The van der Waals surface area contributed by atoms with E-state index in [1.165, 1.54) is 12.1 Å². The lowest BCUT2D eigenvalue weighted by molar-refractivity contribution is 0.509. The van der Waals surface area contributed by atoms with E-state index in [1.54, 1.807) is 12.1 Å². The fourth-order valence-electron chi connectivity index (χ4n) is 2.55. The van der Waals surface area contributed by atoms with Crippen LogP contribution in [-0.4, -0.2) is 13.4 Å². The van der Waals surface area contributed by atoms with Crippen molar-refractivity contribution in [2.45, 2.75) is 17.9 Å². The zero-order valence-electron chi connectivity index (χ0n) is 15.2. The van der Waals surface area contributed by atoms with Gasteiger partial charge in [-0.05, 0) is 48.9 Å². The van der Waals surface area contributed by atoms with Crippen molar-refractivity contribution in [2.24, 2.45) is 0 Å². The van der Waals surface area contributed by atoms with Gasteiger partial charge >= 0.3 is 0 Å². The molecule has 3 rings (SSSR count). The summed E-state index contributed by atoms with van der Waals surface area (Å²) in [5.74, 6) is -1.77. The van der Waals surface area contributed by atoms with Crippen LogP contribution in [0, 0.1) is 23.0 Å². The van der Waals surface area contributed by atoms with Crippen LogP contribution in [0.4, 0.5) is 20.3 Å². The molecule has 0 fully saturated rings. The molecule has 0 saturated heterocycles. The summed E-state index contributed by atoms with van der Waals surface area (Å²) in [7, 11) is -4.01. The Balaban J connectivity index is 1.71. The van der Waals surface area contributed by atoms with E-state index in [0.29, 0.717) is 11.4 Å². The summed E-state index contributed by atoms with van der Waals surface area (Å²) in [6.07, 6.45) is 1.16. The van der Waals surface area contributed by atoms with Crippen molar-refractivity contribution in [1.29, 1.82) is 5.26 Å². The molecule has 1 heterocycles. The molecule has 0 radical (unpaired) electrons. The highest BCUT2D eigenvalue weighted by Gasteiger charge is 2.16. The number of nitriles is 1. The summed E-state index contributed by atoms with van der Waals surface area (Å²) in [6, 6.07) is 14.6. The number of hydrogen-bond acceptors (Lipinski definition) is 5. The topological polar surface area (TPSA) is 94.9 Å². The van der Waals surface area contributed by atoms with E-state index in [1.807, 2.05) is 19.1 Å². The van der Waals surface area contributed by atoms with Gasteiger partial charge in [-0.15, -0.1) is 0 Å². The van der Waals surface area contributed by atoms with Gasteiger partial charge < -0.3 is 5.32 Å². The average molecular weight is 414 g/mol. The number of aromatic nitrogens is 1. The maximum atomic E-state index is 13.3. The van der Waals surface area contributed by atoms with Crippen LogP contribution in [0.15, 0.2) is 65.7 Å². The normalized spacial score (nSPS) is 12.1. The van der Waals surface area contributed by atoms with Crippen LogP contribution in [0.2, 0.25) is 0 Å². The Morgan fingerprint density at radius 3 is 2.34 bits per heavy atom. The van der Waals surface area contributed by atoms with Gasteiger partial charge in [0.05, 0.1) is 17.3 Å². The maximum absolute atomic E-state index is 13.3. The highest BCUT2D eigenvalue weighted by molar-refractivity contribution is 7.92. The first-order valence-corrected chi connectivity index (χ1v) is 9.97. The molecule has 0 amide bonds. The summed E-state index contributed by atoms with van der Waals surface area (Å²) >= 11 is 0. The highest BCUT2D eigenvalue weighted by Crippen LogP contribution is 2.21. The molecule has 0 saturated carbocycles. The first kappa shape index (κ1) is 20.2. The second kappa shape index (κ2) is 8.24. The monoisotopic (exact) mass is 414 g/mol. The van der Waals surface area contributed by atoms with Gasteiger partial charge in [0.25, 0.3) is 10.0 Å². The van der Waals surface area contributed by atoms with Crippen molar-refractivity contribution in [1.82, 2.24) is 4.98 Å². The summed E-state index contributed by atoms with van der Waals surface area (Å²) in [5.41, 5.74) is 1.39. The lowest BCUT2D eigenvalue weighted by Crippen LogP contribution is -2.14. The summed E-state index contributed by atoms with van der Waals surface area (Å²) in [5, 5.41) is 12.0. The number of rotatable bonds is 6. The van der Waals surface area contributed by atoms with E-state index in [-0.39, 0.29) is 16.6 Å². The SMILES string of the molecule is CC(Nc1ccc(S(=O)(=O)Nc2ccc(F)c(F)c2)cn1)c1ccc(C#N)cc1. The van der Waals surface area contributed by atoms with Gasteiger partial charge in [-0.3, -0.25) is 4.72 Å². The quantitative estimate of drug-likeness (QED) is 0.630. The second-order valence-corrected chi connectivity index (χ2v) is 7.90. The van der Waals surface area contributed by atoms with E-state index < -0.39 is 21.7 Å². The van der Waals surface area contributed by atoms with Crippen LogP contribution in [-0.2, 0) is 10.0 Å². The van der Waals surface area contributed by atoms with Crippen molar-refractivity contribution in [3.05, 3.63) is 83.6 Å². The van der Waals surface area contributed by atoms with Crippen LogP contribution in [0.25, 0.3) is 0 Å². The van der Waals surface area contributed by atoms with Crippen LogP contribution < -0.4 is 10.0 Å². The number of benzene rings is 2. The molecule has 1 aromatic heterocycles. The number of sulfonamides is 1. The first-order chi connectivity index (χ1) is 13.8. The number of nitrogens with one attached hydrogen (secondary N) is 2. The first-order valence-electron chi connectivity index (χ1n) is 8.49. The zero-order chi connectivity index (χ0) is 21.0. The largest absolute Gasteiger partial charge is 0.364 e. The number of halogens is 2. The van der Waals surface area contributed by atoms with Gasteiger partial charge in [0.2, 0.25) is 0 Å². The van der Waals surface area contributed by atoms with Crippen molar-refractivity contribution in [3.63, 3.8) is 0 Å². The average Bonchev–Trinajstić information content (AvgIpc) is 2.71. The van der Waals surface area contributed by atoms with Gasteiger partial charge in [-0.2, -0.15) is 5.26 Å². The third kappa shape index (κ3) is 4.86. The fourth-order valence-corrected chi connectivity index (χ4v) is 3.54. The molecule has 2 N–H and O–H groups in total. The van der Waals surface area contributed by atoms with Gasteiger partial charge in [0.15, 0.2) is 11.6 Å². The predicted octanol–water partition coefficient (Wildman–Crippen LogP) is 4.21. The van der Waals surface area contributed by atoms with Gasteiger partial charge in [-0.1, -0.05) is 12.1 Å². The number of hydrogen-bond donors (Lipinski definition) is 2. The van der Waals surface area contributed by atoms with Crippen LogP contribution in [0.5, 0.6) is 0 Å². The minimum absolute atomic E-state index is 0.0967. The van der Waals surface area contributed by atoms with Crippen molar-refractivity contribution < 1.29 is 17.2 Å². The molecular weight excluding hydrogens is 398 g/mol. The lowest BCUT2D eigenvalue weighted by Gasteiger charge is -2.15. The van der Waals surface area contributed by atoms with E-state index >= 15 is 0 Å². The van der Waals surface area contributed by atoms with E-state index in [4.69, 9.17) is 5.26 Å². The molecule has 0 aliphatic carbocycles. The molecule has 0 spiro atoms. The number of pyridine rings is 1. The molecule has 29 heavy (non-hydrogen) atoms.